The van der Waals surface area contributed by atoms with E-state index in [9.17, 15) is 9.59 Å². The third-order valence-electron chi connectivity index (χ3n) is 3.99. The number of nitrogens with zero attached hydrogens (tertiary/aromatic N) is 2. The zero-order chi connectivity index (χ0) is 23.2. The molecule has 0 saturated carbocycles. The van der Waals surface area contributed by atoms with E-state index < -0.39 is 0 Å². The van der Waals surface area contributed by atoms with E-state index in [1.807, 2.05) is 0 Å². The summed E-state index contributed by atoms with van der Waals surface area (Å²) >= 11 is 0. The molecule has 9 heteroatoms. The van der Waals surface area contributed by atoms with Gasteiger partial charge in [0.15, 0.2) is 0 Å². The van der Waals surface area contributed by atoms with Gasteiger partial charge in [-0.2, -0.15) is 0 Å². The molecule has 0 bridgehead atoms. The molecule has 0 heterocycles. The first-order valence-electron chi connectivity index (χ1n) is 10.8. The maximum absolute atomic E-state index is 11.8. The van der Waals surface area contributed by atoms with Gasteiger partial charge in [-0.05, 0) is 25.0 Å². The van der Waals surface area contributed by atoms with Crippen LogP contribution in [0.1, 0.15) is 39.5 Å². The van der Waals surface area contributed by atoms with Crippen LogP contribution in [-0.4, -0.2) is 88.2 Å². The van der Waals surface area contributed by atoms with E-state index >= 15 is 0 Å². The molecule has 0 spiro atoms. The van der Waals surface area contributed by atoms with Crippen molar-refractivity contribution in [3.05, 3.63) is 25.3 Å². The molecule has 0 fully saturated rings. The van der Waals surface area contributed by atoms with Crippen molar-refractivity contribution in [2.45, 2.75) is 39.5 Å². The summed E-state index contributed by atoms with van der Waals surface area (Å²) in [5.74, 6) is -0.494. The molecule has 0 aromatic rings. The number of rotatable bonds is 22. The van der Waals surface area contributed by atoms with Crippen LogP contribution in [0.25, 0.3) is 0 Å². The van der Waals surface area contributed by atoms with Gasteiger partial charge in [0, 0.05) is 13.2 Å². The van der Waals surface area contributed by atoms with E-state index in [2.05, 4.69) is 27.0 Å². The van der Waals surface area contributed by atoms with Crippen molar-refractivity contribution in [3.63, 3.8) is 0 Å². The van der Waals surface area contributed by atoms with E-state index in [1.165, 1.54) is 22.0 Å². The Morgan fingerprint density at radius 2 is 0.935 bits per heavy atom. The lowest BCUT2D eigenvalue weighted by Crippen LogP contribution is -2.35. The number of hydrogen-bond donors (Lipinski definition) is 0. The van der Waals surface area contributed by atoms with Crippen molar-refractivity contribution in [1.29, 1.82) is 0 Å². The molecule has 0 N–H and O–H groups in total. The van der Waals surface area contributed by atoms with Crippen LogP contribution in [-0.2, 0) is 33.3 Å². The van der Waals surface area contributed by atoms with Crippen LogP contribution in [0.4, 0.5) is 0 Å². The largest absolute Gasteiger partial charge is 0.377 e. The predicted molar refractivity (Wildman–Crippen MR) is 118 cm³/mol. The number of carbonyl (C=O) groups excluding carboxylic acids is 2. The Morgan fingerprint density at radius 1 is 0.613 bits per heavy atom. The Kier molecular flexibility index (Phi) is 20.2. The topological polar surface area (TPSA) is 86.8 Å². The molecule has 0 aliphatic carbocycles. The highest BCUT2D eigenvalue weighted by molar-refractivity contribution is 5.87. The van der Waals surface area contributed by atoms with Gasteiger partial charge in [-0.1, -0.05) is 39.8 Å². The van der Waals surface area contributed by atoms with Gasteiger partial charge in [0.25, 0.3) is 0 Å². The Hall–Kier alpha value is -1.78. The maximum atomic E-state index is 11.8. The van der Waals surface area contributed by atoms with Crippen LogP contribution in [0, 0.1) is 0 Å². The molecule has 0 aliphatic rings. The molecule has 0 unspecified atom stereocenters. The Bertz CT molecular complexity index is 446. The van der Waals surface area contributed by atoms with Crippen molar-refractivity contribution in [1.82, 2.24) is 9.80 Å². The van der Waals surface area contributed by atoms with Crippen LogP contribution in [0.2, 0.25) is 0 Å². The summed E-state index contributed by atoms with van der Waals surface area (Å²) in [6.07, 6.45) is 6.41. The van der Waals surface area contributed by atoms with Crippen LogP contribution in [0.15, 0.2) is 25.3 Å². The van der Waals surface area contributed by atoms with Crippen LogP contribution >= 0.6 is 0 Å². The molecule has 0 rings (SSSR count). The minimum absolute atomic E-state index is 0.105. The lowest BCUT2D eigenvalue weighted by molar-refractivity contribution is -0.141. The van der Waals surface area contributed by atoms with Crippen LogP contribution in [0.3, 0.4) is 0 Å². The summed E-state index contributed by atoms with van der Waals surface area (Å²) in [5, 5.41) is 0. The Labute approximate surface area is 186 Å². The van der Waals surface area contributed by atoms with E-state index in [1.54, 1.807) is 0 Å². The smallest absolute Gasteiger partial charge is 0.249 e. The summed E-state index contributed by atoms with van der Waals surface area (Å²) in [4.78, 5) is 26.4. The van der Waals surface area contributed by atoms with Gasteiger partial charge in [-0.3, -0.25) is 19.4 Å². The number of carbonyl (C=O) groups is 2. The molecular formula is C22H40N2O7. The molecule has 0 atom stereocenters. The molecule has 2 amide bonds. The molecule has 0 aliphatic heterocycles. The zero-order valence-electron chi connectivity index (χ0n) is 19.2. The predicted octanol–water partition coefficient (Wildman–Crippen LogP) is 2.53. The van der Waals surface area contributed by atoms with E-state index in [0.717, 1.165) is 25.7 Å². The second kappa shape index (κ2) is 21.5. The third-order valence-corrected chi connectivity index (χ3v) is 3.99. The summed E-state index contributed by atoms with van der Waals surface area (Å²) in [6, 6.07) is 0. The molecule has 0 aromatic carbocycles. The van der Waals surface area contributed by atoms with Crippen molar-refractivity contribution >= 4 is 11.8 Å². The highest BCUT2D eigenvalue weighted by Gasteiger charge is 2.11. The van der Waals surface area contributed by atoms with Gasteiger partial charge in [-0.25, -0.2) is 0 Å². The number of hydrogen-bond acceptors (Lipinski definition) is 7. The average Bonchev–Trinajstić information content (AvgIpc) is 2.79. The van der Waals surface area contributed by atoms with E-state index in [0.29, 0.717) is 39.6 Å². The number of unbranched alkanes of at least 4 members (excludes halogenated alkanes) is 2. The Balaban J connectivity index is 3.86. The molecule has 180 valence electrons. The zero-order valence-corrected chi connectivity index (χ0v) is 19.2. The normalized spacial score (nSPS) is 10.6. The van der Waals surface area contributed by atoms with Gasteiger partial charge in [-0.15, -0.1) is 0 Å². The number of amides is 2. The first kappa shape index (κ1) is 29.2. The standard InChI is InChI=1S/C22H40N2O7/c1-5-9-11-28-17-23(21(25)7-3)19-30-15-13-27-14-16-31-20-24(22(26)8-4)18-29-12-10-6-2/h7-8H,3-6,9-20H2,1-2H3. The summed E-state index contributed by atoms with van der Waals surface area (Å²) in [5.41, 5.74) is 0. The van der Waals surface area contributed by atoms with Gasteiger partial charge in [0.1, 0.15) is 26.9 Å². The Morgan fingerprint density at radius 3 is 1.26 bits per heavy atom. The second-order valence-electron chi connectivity index (χ2n) is 6.63. The molecule has 0 radical (unpaired) electrons. The van der Waals surface area contributed by atoms with E-state index in [4.69, 9.17) is 23.7 Å². The SMILES string of the molecule is C=CC(=O)N(COCCCC)COCCOCCOCN(COCCCC)C(=O)C=C. The lowest BCUT2D eigenvalue weighted by Gasteiger charge is -2.21. The third kappa shape index (κ3) is 16.6. The fourth-order valence-electron chi connectivity index (χ4n) is 2.12. The summed E-state index contributed by atoms with van der Waals surface area (Å²) in [6.45, 7) is 14.2. The molecule has 0 saturated heterocycles. The van der Waals surface area contributed by atoms with Gasteiger partial charge < -0.3 is 23.7 Å². The monoisotopic (exact) mass is 444 g/mol. The van der Waals surface area contributed by atoms with Gasteiger partial charge >= 0.3 is 0 Å². The van der Waals surface area contributed by atoms with Crippen molar-refractivity contribution < 1.29 is 33.3 Å². The molecule has 0 aromatic heterocycles. The summed E-state index contributed by atoms with van der Waals surface area (Å²) in [7, 11) is 0. The van der Waals surface area contributed by atoms with Crippen molar-refractivity contribution in [3.8, 4) is 0 Å². The minimum atomic E-state index is -0.247. The quantitative estimate of drug-likeness (QED) is 0.144. The highest BCUT2D eigenvalue weighted by Crippen LogP contribution is 1.97. The lowest BCUT2D eigenvalue weighted by atomic mass is 10.4. The van der Waals surface area contributed by atoms with Gasteiger partial charge in [0.2, 0.25) is 11.8 Å². The molecular weight excluding hydrogens is 404 g/mol. The second-order valence-corrected chi connectivity index (χ2v) is 6.63. The highest BCUT2D eigenvalue weighted by atomic mass is 16.6. The van der Waals surface area contributed by atoms with Crippen LogP contribution < -0.4 is 0 Å². The fourth-order valence-corrected chi connectivity index (χ4v) is 2.12. The minimum Gasteiger partial charge on any atom is -0.377 e. The van der Waals surface area contributed by atoms with Crippen molar-refractivity contribution in [2.24, 2.45) is 0 Å². The van der Waals surface area contributed by atoms with E-state index in [-0.39, 0.29) is 38.7 Å². The fraction of sp³-hybridized carbons (Fsp3) is 0.727. The first-order chi connectivity index (χ1) is 15.1. The van der Waals surface area contributed by atoms with Crippen molar-refractivity contribution in [2.75, 3.05) is 66.6 Å². The molecule has 9 nitrogen and oxygen atoms in total. The average molecular weight is 445 g/mol. The van der Waals surface area contributed by atoms with Crippen LogP contribution in [0.5, 0.6) is 0 Å². The van der Waals surface area contributed by atoms with Gasteiger partial charge in [0.05, 0.1) is 26.4 Å². The molecule has 31 heavy (non-hydrogen) atoms. The first-order valence-corrected chi connectivity index (χ1v) is 10.8. The summed E-state index contributed by atoms with van der Waals surface area (Å²) < 4.78 is 27.3. The number of ether oxygens (including phenoxy) is 5. The maximum Gasteiger partial charge on any atom is 0.249 e.